The first-order chi connectivity index (χ1) is 15.0. The number of anilines is 2. The van der Waals surface area contributed by atoms with E-state index in [1.807, 2.05) is 30.3 Å². The van der Waals surface area contributed by atoms with Crippen molar-refractivity contribution in [3.8, 4) is 5.69 Å². The minimum Gasteiger partial charge on any atom is -0.372 e. The molecule has 31 heavy (non-hydrogen) atoms. The number of fused-ring (bicyclic) bond motifs is 1. The molecule has 1 atom stereocenters. The summed E-state index contributed by atoms with van der Waals surface area (Å²) >= 11 is 0. The number of hydrogen-bond donors (Lipinski definition) is 1. The maximum Gasteiger partial charge on any atom is 0.433 e. The number of nitrogens with zero attached hydrogens (tertiary/aromatic N) is 3. The Bertz CT molecular complexity index is 1210. The van der Waals surface area contributed by atoms with Gasteiger partial charge in [0.1, 0.15) is 17.6 Å². The average Bonchev–Trinajstić information content (AvgIpc) is 3.44. The topological polar surface area (TPSA) is 52.0 Å². The smallest absolute Gasteiger partial charge is 0.372 e. The minimum absolute atomic E-state index is 0.312. The highest BCUT2D eigenvalue weighted by Crippen LogP contribution is 2.36. The van der Waals surface area contributed by atoms with E-state index in [0.29, 0.717) is 35.9 Å². The van der Waals surface area contributed by atoms with Crippen LogP contribution in [0.25, 0.3) is 16.5 Å². The third kappa shape index (κ3) is 3.86. The summed E-state index contributed by atoms with van der Waals surface area (Å²) < 4.78 is 47.3. The highest BCUT2D eigenvalue weighted by molar-refractivity contribution is 5.93. The Kier molecular flexibility index (Phi) is 4.86. The van der Waals surface area contributed by atoms with Gasteiger partial charge in [-0.3, -0.25) is 0 Å². The summed E-state index contributed by atoms with van der Waals surface area (Å²) in [5, 5.41) is 9.47. The molecule has 1 fully saturated rings. The molecule has 1 unspecified atom stereocenters. The molecule has 2 aromatic carbocycles. The maximum absolute atomic E-state index is 13.6. The average molecular weight is 424 g/mol. The molecule has 0 radical (unpaired) electrons. The van der Waals surface area contributed by atoms with Crippen molar-refractivity contribution in [1.29, 1.82) is 0 Å². The van der Waals surface area contributed by atoms with Gasteiger partial charge < -0.3 is 10.1 Å². The molecule has 0 aliphatic carbocycles. The number of nitrogens with one attached hydrogen (secondary N) is 1. The van der Waals surface area contributed by atoms with Crippen LogP contribution in [0.2, 0.25) is 0 Å². The van der Waals surface area contributed by atoms with Crippen LogP contribution in [0.1, 0.15) is 30.3 Å². The second-order valence-electron chi connectivity index (χ2n) is 7.42. The van der Waals surface area contributed by atoms with Crippen molar-refractivity contribution in [3.05, 3.63) is 78.2 Å². The minimum atomic E-state index is -4.52. The lowest BCUT2D eigenvalue weighted by Gasteiger charge is -2.12. The number of rotatable bonds is 4. The van der Waals surface area contributed by atoms with Crippen molar-refractivity contribution in [2.45, 2.75) is 25.1 Å². The third-order valence-corrected chi connectivity index (χ3v) is 5.33. The van der Waals surface area contributed by atoms with Crippen molar-refractivity contribution in [2.24, 2.45) is 0 Å². The molecule has 1 aliphatic rings. The van der Waals surface area contributed by atoms with Crippen molar-refractivity contribution in [2.75, 3.05) is 11.9 Å². The molecule has 0 amide bonds. The normalized spacial score (nSPS) is 16.7. The van der Waals surface area contributed by atoms with Crippen LogP contribution < -0.4 is 5.32 Å². The zero-order valence-corrected chi connectivity index (χ0v) is 16.4. The van der Waals surface area contributed by atoms with Crippen LogP contribution in [0.3, 0.4) is 0 Å². The first-order valence-electron chi connectivity index (χ1n) is 9.99. The molecule has 8 heteroatoms. The molecule has 158 valence electrons. The number of ether oxygens (including phenoxy) is 1. The van der Waals surface area contributed by atoms with Crippen LogP contribution in [0.4, 0.5) is 24.7 Å². The molecule has 1 aliphatic heterocycles. The molecule has 4 aromatic rings. The van der Waals surface area contributed by atoms with Gasteiger partial charge >= 0.3 is 6.18 Å². The lowest BCUT2D eigenvalue weighted by Crippen LogP contribution is -2.13. The van der Waals surface area contributed by atoms with Crippen molar-refractivity contribution in [3.63, 3.8) is 0 Å². The first-order valence-corrected chi connectivity index (χ1v) is 9.99. The second kappa shape index (κ2) is 7.70. The van der Waals surface area contributed by atoms with Gasteiger partial charge in [-0.1, -0.05) is 24.3 Å². The highest BCUT2D eigenvalue weighted by atomic mass is 19.4. The van der Waals surface area contributed by atoms with Gasteiger partial charge in [-0.2, -0.15) is 18.3 Å². The maximum atomic E-state index is 13.6. The van der Waals surface area contributed by atoms with Crippen molar-refractivity contribution >= 4 is 22.3 Å². The van der Waals surface area contributed by atoms with Gasteiger partial charge in [0.05, 0.1) is 11.4 Å². The highest BCUT2D eigenvalue weighted by Gasteiger charge is 2.37. The molecule has 0 spiro atoms. The van der Waals surface area contributed by atoms with Crippen LogP contribution in [0.5, 0.6) is 0 Å². The summed E-state index contributed by atoms with van der Waals surface area (Å²) in [6.45, 7) is 0.543. The largest absolute Gasteiger partial charge is 0.433 e. The molecule has 3 heterocycles. The van der Waals surface area contributed by atoms with Gasteiger partial charge in [-0.25, -0.2) is 9.67 Å². The SMILES string of the molecule is FC(F)(F)c1cc(C2CCCO2)nn1-c1ccc(Nc2nccc3ccccc23)cc1. The van der Waals surface area contributed by atoms with E-state index in [1.165, 1.54) is 0 Å². The predicted octanol–water partition coefficient (Wildman–Crippen LogP) is 6.03. The summed E-state index contributed by atoms with van der Waals surface area (Å²) in [5.41, 5.74) is 0.544. The molecular weight excluding hydrogens is 405 g/mol. The summed E-state index contributed by atoms with van der Waals surface area (Å²) in [6.07, 6.45) is -1.70. The van der Waals surface area contributed by atoms with Gasteiger partial charge in [0.25, 0.3) is 0 Å². The van der Waals surface area contributed by atoms with Crippen LogP contribution in [-0.4, -0.2) is 21.4 Å². The number of hydrogen-bond acceptors (Lipinski definition) is 4. The summed E-state index contributed by atoms with van der Waals surface area (Å²) in [6, 6.07) is 17.5. The fourth-order valence-electron chi connectivity index (χ4n) is 3.81. The summed E-state index contributed by atoms with van der Waals surface area (Å²) in [4.78, 5) is 4.39. The van der Waals surface area contributed by atoms with E-state index >= 15 is 0 Å². The van der Waals surface area contributed by atoms with Gasteiger partial charge in [0, 0.05) is 23.9 Å². The van der Waals surface area contributed by atoms with E-state index in [0.717, 1.165) is 27.9 Å². The molecule has 1 N–H and O–H groups in total. The Labute approximate surface area is 176 Å². The zero-order chi connectivity index (χ0) is 21.4. The number of benzene rings is 2. The molecule has 1 saturated heterocycles. The Morgan fingerprint density at radius 2 is 1.84 bits per heavy atom. The number of alkyl halides is 3. The van der Waals surface area contributed by atoms with Crippen LogP contribution in [0.15, 0.2) is 66.9 Å². The van der Waals surface area contributed by atoms with Crippen molar-refractivity contribution < 1.29 is 17.9 Å². The van der Waals surface area contributed by atoms with Crippen molar-refractivity contribution in [1.82, 2.24) is 14.8 Å². The summed E-state index contributed by atoms with van der Waals surface area (Å²) in [7, 11) is 0. The Morgan fingerprint density at radius 1 is 1.03 bits per heavy atom. The van der Waals surface area contributed by atoms with Gasteiger partial charge in [0.2, 0.25) is 0 Å². The fraction of sp³-hybridized carbons (Fsp3) is 0.217. The Hall–Kier alpha value is -3.39. The molecule has 2 aromatic heterocycles. The molecule has 5 rings (SSSR count). The summed E-state index contributed by atoms with van der Waals surface area (Å²) in [5.74, 6) is 0.682. The van der Waals surface area contributed by atoms with Gasteiger partial charge in [-0.15, -0.1) is 0 Å². The predicted molar refractivity (Wildman–Crippen MR) is 112 cm³/mol. The van der Waals surface area contributed by atoms with E-state index in [9.17, 15) is 13.2 Å². The van der Waals surface area contributed by atoms with E-state index in [4.69, 9.17) is 4.74 Å². The zero-order valence-electron chi connectivity index (χ0n) is 16.4. The molecule has 0 bridgehead atoms. The van der Waals surface area contributed by atoms with Gasteiger partial charge in [0.15, 0.2) is 0 Å². The van der Waals surface area contributed by atoms with Gasteiger partial charge in [-0.05, 0) is 54.6 Å². The number of halogens is 3. The molecular formula is C23H19F3N4O. The third-order valence-electron chi connectivity index (χ3n) is 5.33. The van der Waals surface area contributed by atoms with E-state index in [2.05, 4.69) is 15.4 Å². The molecule has 0 saturated carbocycles. The van der Waals surface area contributed by atoms with Crippen LogP contribution in [0, 0.1) is 0 Å². The second-order valence-corrected chi connectivity index (χ2v) is 7.42. The van der Waals surface area contributed by atoms with E-state index < -0.39 is 11.9 Å². The number of pyridine rings is 1. The Balaban J connectivity index is 1.46. The lowest BCUT2D eigenvalue weighted by molar-refractivity contribution is -0.142. The number of aromatic nitrogens is 3. The van der Waals surface area contributed by atoms with E-state index in [1.54, 1.807) is 30.5 Å². The quantitative estimate of drug-likeness (QED) is 0.434. The fourth-order valence-corrected chi connectivity index (χ4v) is 3.81. The standard InChI is InChI=1S/C23H19F3N4O/c24-23(25,26)21-14-19(20-6-3-13-31-20)29-30(21)17-9-7-16(8-10-17)28-22-18-5-2-1-4-15(18)11-12-27-22/h1-2,4-5,7-12,14,20H,3,6,13H2,(H,27,28). The van der Waals surface area contributed by atoms with Crippen LogP contribution >= 0.6 is 0 Å². The van der Waals surface area contributed by atoms with E-state index in [-0.39, 0.29) is 6.10 Å². The monoisotopic (exact) mass is 424 g/mol. The Morgan fingerprint density at radius 3 is 2.58 bits per heavy atom. The molecule has 5 nitrogen and oxygen atoms in total. The van der Waals surface area contributed by atoms with Crippen LogP contribution in [-0.2, 0) is 10.9 Å². The lowest BCUT2D eigenvalue weighted by atomic mass is 10.1. The first kappa shape index (κ1) is 19.6.